The van der Waals surface area contributed by atoms with E-state index in [1.54, 1.807) is 18.9 Å². The van der Waals surface area contributed by atoms with Gasteiger partial charge in [-0.3, -0.25) is 19.2 Å². The number of likely N-dealkylation sites (tertiary alicyclic amines) is 1. The molecule has 1 aromatic carbocycles. The topological polar surface area (TPSA) is 119 Å². The van der Waals surface area contributed by atoms with Gasteiger partial charge >= 0.3 is 5.97 Å². The third kappa shape index (κ3) is 9.46. The smallest absolute Gasteiger partial charge is 0.303 e. The number of nitrogens with one attached hydrogen (secondary N) is 2. The normalized spacial score (nSPS) is 17.2. The molecule has 1 aliphatic heterocycles. The van der Waals surface area contributed by atoms with Crippen LogP contribution in [0, 0.1) is 5.41 Å². The van der Waals surface area contributed by atoms with Gasteiger partial charge in [-0.15, -0.1) is 0 Å². The number of carbonyl (C=O) groups excluding carboxylic acids is 3. The molecule has 9 heteroatoms. The van der Waals surface area contributed by atoms with Gasteiger partial charge in [-0.2, -0.15) is 0 Å². The minimum Gasteiger partial charge on any atom is -0.481 e. The van der Waals surface area contributed by atoms with Crippen LogP contribution in [0.5, 0.6) is 0 Å². The maximum Gasteiger partial charge on any atom is 0.303 e. The minimum atomic E-state index is -0.994. The molecular weight excluding hydrogens is 472 g/mol. The lowest BCUT2D eigenvalue weighted by molar-refractivity contribution is -0.141. The SMILES string of the molecule is CN[C@@H](C)C(=O)N[C@H](C(=O)N1CCC[C@H]1CCN(CCc1ccccc1)C(=O)CCC(=O)O)C(C)(C)C. The van der Waals surface area contributed by atoms with Crippen LogP contribution in [0.3, 0.4) is 0 Å². The Bertz CT molecular complexity index is 915. The zero-order valence-corrected chi connectivity index (χ0v) is 23.0. The first-order valence-electron chi connectivity index (χ1n) is 13.3. The third-order valence-corrected chi connectivity index (χ3v) is 7.04. The fraction of sp³-hybridized carbons (Fsp3) is 0.643. The summed E-state index contributed by atoms with van der Waals surface area (Å²) >= 11 is 0. The van der Waals surface area contributed by atoms with E-state index in [-0.39, 0.29) is 36.6 Å². The summed E-state index contributed by atoms with van der Waals surface area (Å²) in [6.07, 6.45) is 2.74. The second kappa shape index (κ2) is 14.1. The Balaban J connectivity index is 2.10. The van der Waals surface area contributed by atoms with Crippen molar-refractivity contribution in [3.63, 3.8) is 0 Å². The summed E-state index contributed by atoms with van der Waals surface area (Å²) in [5.41, 5.74) is 0.637. The molecule has 0 unspecified atom stereocenters. The quantitative estimate of drug-likeness (QED) is 0.371. The number of carboxylic acid groups (broad SMARTS) is 1. The van der Waals surface area contributed by atoms with E-state index in [1.165, 1.54) is 0 Å². The molecule has 37 heavy (non-hydrogen) atoms. The van der Waals surface area contributed by atoms with Crippen LogP contribution in [0.1, 0.15) is 65.4 Å². The Labute approximate surface area is 221 Å². The van der Waals surface area contributed by atoms with E-state index in [0.717, 1.165) is 18.4 Å². The third-order valence-electron chi connectivity index (χ3n) is 7.04. The number of aliphatic carboxylic acids is 1. The van der Waals surface area contributed by atoms with Crippen LogP contribution < -0.4 is 10.6 Å². The Morgan fingerprint density at radius 2 is 1.78 bits per heavy atom. The fourth-order valence-corrected chi connectivity index (χ4v) is 4.59. The van der Waals surface area contributed by atoms with Crippen molar-refractivity contribution in [1.29, 1.82) is 0 Å². The highest BCUT2D eigenvalue weighted by Gasteiger charge is 2.40. The highest BCUT2D eigenvalue weighted by Crippen LogP contribution is 2.27. The molecular formula is C28H44N4O5. The van der Waals surface area contributed by atoms with Gasteiger partial charge in [-0.1, -0.05) is 51.1 Å². The molecule has 1 aliphatic rings. The molecule has 3 atom stereocenters. The van der Waals surface area contributed by atoms with Crippen molar-refractivity contribution in [2.75, 3.05) is 26.7 Å². The number of carboxylic acids is 1. The molecule has 1 heterocycles. The van der Waals surface area contributed by atoms with Gasteiger partial charge < -0.3 is 25.5 Å². The van der Waals surface area contributed by atoms with Gasteiger partial charge in [0, 0.05) is 32.1 Å². The van der Waals surface area contributed by atoms with Crippen LogP contribution in [-0.4, -0.2) is 83.4 Å². The van der Waals surface area contributed by atoms with Crippen molar-refractivity contribution in [3.8, 4) is 0 Å². The molecule has 206 valence electrons. The van der Waals surface area contributed by atoms with Crippen molar-refractivity contribution in [2.45, 2.75) is 84.3 Å². The van der Waals surface area contributed by atoms with Gasteiger partial charge in [0.05, 0.1) is 12.5 Å². The molecule has 3 amide bonds. The average Bonchev–Trinajstić information content (AvgIpc) is 3.33. The van der Waals surface area contributed by atoms with Gasteiger partial charge in [0.25, 0.3) is 0 Å². The van der Waals surface area contributed by atoms with Gasteiger partial charge in [-0.25, -0.2) is 0 Å². The molecule has 0 bridgehead atoms. The summed E-state index contributed by atoms with van der Waals surface area (Å²) in [4.78, 5) is 53.7. The largest absolute Gasteiger partial charge is 0.481 e. The number of nitrogens with zero attached hydrogens (tertiary/aromatic N) is 2. The highest BCUT2D eigenvalue weighted by atomic mass is 16.4. The first kappa shape index (κ1) is 30.3. The standard InChI is InChI=1S/C28H44N4O5/c1-20(29-5)26(36)30-25(28(2,3)4)27(37)32-17-9-12-22(32)16-19-31(23(33)13-14-24(34)35)18-15-21-10-7-6-8-11-21/h6-8,10-11,20,22,25,29H,9,12-19H2,1-5H3,(H,30,36)(H,34,35)/t20-,22-,25+/m0/s1. The van der Waals surface area contributed by atoms with E-state index >= 15 is 0 Å². The molecule has 0 aromatic heterocycles. The summed E-state index contributed by atoms with van der Waals surface area (Å²) in [6, 6.07) is 8.75. The van der Waals surface area contributed by atoms with E-state index in [4.69, 9.17) is 5.11 Å². The molecule has 1 aromatic rings. The lowest BCUT2D eigenvalue weighted by Crippen LogP contribution is -2.58. The molecule has 1 saturated heterocycles. The van der Waals surface area contributed by atoms with E-state index in [0.29, 0.717) is 32.5 Å². The van der Waals surface area contributed by atoms with Crippen LogP contribution in [-0.2, 0) is 25.6 Å². The van der Waals surface area contributed by atoms with E-state index in [9.17, 15) is 19.2 Å². The molecule has 0 spiro atoms. The molecule has 0 aliphatic carbocycles. The van der Waals surface area contributed by atoms with Crippen molar-refractivity contribution in [2.24, 2.45) is 5.41 Å². The first-order chi connectivity index (χ1) is 17.4. The molecule has 3 N–H and O–H groups in total. The van der Waals surface area contributed by atoms with E-state index in [2.05, 4.69) is 10.6 Å². The van der Waals surface area contributed by atoms with Crippen molar-refractivity contribution >= 4 is 23.7 Å². The second-order valence-corrected chi connectivity index (χ2v) is 10.9. The van der Waals surface area contributed by atoms with Crippen molar-refractivity contribution in [3.05, 3.63) is 35.9 Å². The second-order valence-electron chi connectivity index (χ2n) is 10.9. The summed E-state index contributed by atoms with van der Waals surface area (Å²) in [6.45, 7) is 9.13. The summed E-state index contributed by atoms with van der Waals surface area (Å²) in [5.74, 6) is -1.50. The number of amides is 3. The van der Waals surface area contributed by atoms with Crippen molar-refractivity contribution in [1.82, 2.24) is 20.4 Å². The summed E-state index contributed by atoms with van der Waals surface area (Å²) in [7, 11) is 1.70. The average molecular weight is 517 g/mol. The van der Waals surface area contributed by atoms with Gasteiger partial charge in [-0.05, 0) is 50.6 Å². The number of hydrogen-bond donors (Lipinski definition) is 3. The van der Waals surface area contributed by atoms with Gasteiger partial charge in [0.1, 0.15) is 6.04 Å². The van der Waals surface area contributed by atoms with Gasteiger partial charge in [0.2, 0.25) is 17.7 Å². The maximum atomic E-state index is 13.7. The van der Waals surface area contributed by atoms with Gasteiger partial charge in [0.15, 0.2) is 0 Å². The fourth-order valence-electron chi connectivity index (χ4n) is 4.59. The summed E-state index contributed by atoms with van der Waals surface area (Å²) < 4.78 is 0. The van der Waals surface area contributed by atoms with E-state index in [1.807, 2.05) is 56.0 Å². The zero-order valence-electron chi connectivity index (χ0n) is 23.0. The Kier molecular flexibility index (Phi) is 11.6. The molecule has 0 radical (unpaired) electrons. The predicted molar refractivity (Wildman–Crippen MR) is 143 cm³/mol. The van der Waals surface area contributed by atoms with E-state index < -0.39 is 23.5 Å². The number of likely N-dealkylation sites (N-methyl/N-ethyl adjacent to an activating group) is 1. The minimum absolute atomic E-state index is 0.0394. The number of rotatable bonds is 13. The van der Waals surface area contributed by atoms with Crippen LogP contribution in [0.25, 0.3) is 0 Å². The zero-order chi connectivity index (χ0) is 27.6. The molecule has 9 nitrogen and oxygen atoms in total. The monoisotopic (exact) mass is 516 g/mol. The Morgan fingerprint density at radius 3 is 2.38 bits per heavy atom. The molecule has 2 rings (SSSR count). The van der Waals surface area contributed by atoms with Crippen LogP contribution in [0.15, 0.2) is 30.3 Å². The molecule has 0 saturated carbocycles. The van der Waals surface area contributed by atoms with Crippen LogP contribution >= 0.6 is 0 Å². The number of benzene rings is 1. The number of hydrogen-bond acceptors (Lipinski definition) is 5. The Hall–Kier alpha value is -2.94. The predicted octanol–water partition coefficient (Wildman–Crippen LogP) is 2.44. The van der Waals surface area contributed by atoms with Crippen molar-refractivity contribution < 1.29 is 24.3 Å². The number of carbonyl (C=O) groups is 4. The lowest BCUT2D eigenvalue weighted by atomic mass is 9.85. The Morgan fingerprint density at radius 1 is 1.11 bits per heavy atom. The summed E-state index contributed by atoms with van der Waals surface area (Å²) in [5, 5.41) is 14.9. The maximum absolute atomic E-state index is 13.7. The highest BCUT2D eigenvalue weighted by molar-refractivity contribution is 5.90. The lowest BCUT2D eigenvalue weighted by Gasteiger charge is -2.36. The van der Waals surface area contributed by atoms with Crippen LogP contribution in [0.2, 0.25) is 0 Å². The molecule has 1 fully saturated rings. The first-order valence-corrected chi connectivity index (χ1v) is 13.3. The van der Waals surface area contributed by atoms with Crippen LogP contribution in [0.4, 0.5) is 0 Å².